The fraction of sp³-hybridized carbons (Fsp3) is 0.182. The highest BCUT2D eigenvalue weighted by Crippen LogP contribution is 2.14. The van der Waals surface area contributed by atoms with Crippen LogP contribution >= 0.6 is 11.8 Å². The van der Waals surface area contributed by atoms with E-state index in [4.69, 9.17) is 16.9 Å². The first kappa shape index (κ1) is 14.0. The number of hydrogen-bond donors (Lipinski definition) is 4. The number of carbonyl (C=O) groups is 1. The Hall–Kier alpha value is -2.02. The average Bonchev–Trinajstić information content (AvgIpc) is 2.29. The normalized spacial score (nSPS) is 9.61. The van der Waals surface area contributed by atoms with Gasteiger partial charge in [0.1, 0.15) is 0 Å². The number of nitrogens with two attached hydrogens (primary N) is 2. The molecule has 0 fully saturated rings. The van der Waals surface area contributed by atoms with Gasteiger partial charge in [-0.3, -0.25) is 10.2 Å². The average molecular weight is 265 g/mol. The third-order valence-electron chi connectivity index (χ3n) is 1.99. The lowest BCUT2D eigenvalue weighted by Gasteiger charge is -2.07. The van der Waals surface area contributed by atoms with Crippen LogP contribution in [0.1, 0.15) is 5.56 Å². The van der Waals surface area contributed by atoms with E-state index in [1.807, 2.05) is 31.2 Å². The van der Waals surface area contributed by atoms with Crippen molar-refractivity contribution < 1.29 is 4.79 Å². The van der Waals surface area contributed by atoms with Gasteiger partial charge in [-0.05, 0) is 18.6 Å². The topological polar surface area (TPSA) is 117 Å². The van der Waals surface area contributed by atoms with Crippen LogP contribution in [0.15, 0.2) is 29.3 Å². The molecule has 1 aromatic carbocycles. The number of thioether (sulfide) groups is 1. The molecule has 0 spiro atoms. The number of amides is 1. The van der Waals surface area contributed by atoms with E-state index in [-0.39, 0.29) is 22.8 Å². The number of hydrogen-bond acceptors (Lipinski definition) is 3. The van der Waals surface area contributed by atoms with Crippen LogP contribution in [0.3, 0.4) is 0 Å². The summed E-state index contributed by atoms with van der Waals surface area (Å²) in [5, 5.41) is 10.0. The number of amidine groups is 1. The highest BCUT2D eigenvalue weighted by Gasteiger charge is 2.06. The van der Waals surface area contributed by atoms with Gasteiger partial charge < -0.3 is 16.8 Å². The van der Waals surface area contributed by atoms with Crippen LogP contribution in [0.5, 0.6) is 0 Å². The first-order chi connectivity index (χ1) is 8.49. The van der Waals surface area contributed by atoms with Crippen LogP contribution in [0.25, 0.3) is 0 Å². The molecule has 96 valence electrons. The predicted octanol–water partition coefficient (Wildman–Crippen LogP) is 0.875. The maximum absolute atomic E-state index is 11.6. The molecule has 0 saturated carbocycles. The van der Waals surface area contributed by atoms with Gasteiger partial charge in [-0.25, -0.2) is 0 Å². The molecule has 0 saturated heterocycles. The molecule has 0 aromatic heterocycles. The van der Waals surface area contributed by atoms with Gasteiger partial charge in [0, 0.05) is 5.69 Å². The summed E-state index contributed by atoms with van der Waals surface area (Å²) < 4.78 is 0. The molecule has 0 atom stereocenters. The molecule has 0 radical (unpaired) electrons. The molecule has 1 aromatic rings. The van der Waals surface area contributed by atoms with Crippen LogP contribution in [-0.4, -0.2) is 22.8 Å². The van der Waals surface area contributed by atoms with E-state index in [1.165, 1.54) is 0 Å². The van der Waals surface area contributed by atoms with Gasteiger partial charge in [0.15, 0.2) is 11.1 Å². The number of aliphatic imine (C=N–C) groups is 1. The van der Waals surface area contributed by atoms with Crippen LogP contribution in [0.4, 0.5) is 5.69 Å². The van der Waals surface area contributed by atoms with Crippen LogP contribution in [-0.2, 0) is 4.79 Å². The number of aryl methyl sites for hydroxylation is 1. The summed E-state index contributed by atoms with van der Waals surface area (Å²) in [5.41, 5.74) is 12.0. The fourth-order valence-electron chi connectivity index (χ4n) is 1.18. The molecule has 0 unspecified atom stereocenters. The number of anilines is 1. The zero-order valence-electron chi connectivity index (χ0n) is 9.93. The van der Waals surface area contributed by atoms with Gasteiger partial charge in [-0.15, -0.1) is 0 Å². The summed E-state index contributed by atoms with van der Waals surface area (Å²) in [6.07, 6.45) is 0. The standard InChI is InChI=1S/C11H15N5OS/c1-7-4-2-3-5-8(7)15-9(17)6-18-11(14)16-10(12)13/h2-5H,6H2,1H3,(H,15,17)(H5,12,13,14,16). The summed E-state index contributed by atoms with van der Waals surface area (Å²) in [7, 11) is 0. The molecule has 0 heterocycles. The molecular formula is C11H15N5OS. The minimum Gasteiger partial charge on any atom is -0.370 e. The van der Waals surface area contributed by atoms with E-state index < -0.39 is 0 Å². The molecule has 6 nitrogen and oxygen atoms in total. The Labute approximate surface area is 109 Å². The van der Waals surface area contributed by atoms with Crippen molar-refractivity contribution in [3.63, 3.8) is 0 Å². The Morgan fingerprint density at radius 3 is 2.72 bits per heavy atom. The van der Waals surface area contributed by atoms with Crippen LogP contribution < -0.4 is 16.8 Å². The van der Waals surface area contributed by atoms with E-state index >= 15 is 0 Å². The van der Waals surface area contributed by atoms with E-state index in [0.717, 1.165) is 23.0 Å². The molecule has 0 bridgehead atoms. The number of guanidine groups is 1. The van der Waals surface area contributed by atoms with Crippen molar-refractivity contribution in [2.24, 2.45) is 16.5 Å². The molecule has 0 aliphatic rings. The summed E-state index contributed by atoms with van der Waals surface area (Å²) in [6.45, 7) is 1.91. The second kappa shape index (κ2) is 6.65. The summed E-state index contributed by atoms with van der Waals surface area (Å²) in [4.78, 5) is 15.1. The number of benzene rings is 1. The van der Waals surface area contributed by atoms with Crippen molar-refractivity contribution in [2.45, 2.75) is 6.92 Å². The molecule has 1 rings (SSSR count). The summed E-state index contributed by atoms with van der Waals surface area (Å²) >= 11 is 0.962. The number of nitrogens with one attached hydrogen (secondary N) is 2. The molecular weight excluding hydrogens is 250 g/mol. The van der Waals surface area contributed by atoms with Crippen molar-refractivity contribution in [1.29, 1.82) is 5.41 Å². The van der Waals surface area contributed by atoms with Gasteiger partial charge in [0.2, 0.25) is 5.91 Å². The van der Waals surface area contributed by atoms with Crippen LogP contribution in [0.2, 0.25) is 0 Å². The number of carbonyl (C=O) groups excluding carboxylic acids is 1. The second-order valence-corrected chi connectivity index (χ2v) is 4.46. The monoisotopic (exact) mass is 265 g/mol. The molecule has 1 amide bonds. The Kier molecular flexibility index (Phi) is 5.19. The lowest BCUT2D eigenvalue weighted by atomic mass is 10.2. The molecule has 6 N–H and O–H groups in total. The largest absolute Gasteiger partial charge is 0.370 e. The summed E-state index contributed by atoms with van der Waals surface area (Å²) in [6, 6.07) is 7.47. The van der Waals surface area contributed by atoms with Crippen molar-refractivity contribution in [3.05, 3.63) is 29.8 Å². The first-order valence-electron chi connectivity index (χ1n) is 5.15. The number of rotatable bonds is 3. The lowest BCUT2D eigenvalue weighted by molar-refractivity contribution is -0.113. The van der Waals surface area contributed by atoms with E-state index in [0.29, 0.717) is 0 Å². The quantitative estimate of drug-likeness (QED) is 0.479. The Morgan fingerprint density at radius 1 is 1.44 bits per heavy atom. The maximum Gasteiger partial charge on any atom is 0.234 e. The highest BCUT2D eigenvalue weighted by molar-refractivity contribution is 8.14. The number of nitrogens with zero attached hydrogens (tertiary/aromatic N) is 1. The predicted molar refractivity (Wildman–Crippen MR) is 75.8 cm³/mol. The zero-order valence-corrected chi connectivity index (χ0v) is 10.8. The van der Waals surface area contributed by atoms with Gasteiger partial charge in [-0.2, -0.15) is 4.99 Å². The highest BCUT2D eigenvalue weighted by atomic mass is 32.2. The van der Waals surface area contributed by atoms with Gasteiger partial charge in [0.25, 0.3) is 0 Å². The van der Waals surface area contributed by atoms with E-state index in [9.17, 15) is 4.79 Å². The SMILES string of the molecule is Cc1ccccc1NC(=O)CSC(=N)N=C(N)N. The first-order valence-corrected chi connectivity index (χ1v) is 6.14. The van der Waals surface area contributed by atoms with Crippen molar-refractivity contribution >= 4 is 34.5 Å². The van der Waals surface area contributed by atoms with Gasteiger partial charge in [-0.1, -0.05) is 30.0 Å². The molecule has 18 heavy (non-hydrogen) atoms. The van der Waals surface area contributed by atoms with E-state index in [1.54, 1.807) is 0 Å². The Morgan fingerprint density at radius 2 is 2.11 bits per heavy atom. The lowest BCUT2D eigenvalue weighted by Crippen LogP contribution is -2.24. The van der Waals surface area contributed by atoms with Gasteiger partial charge >= 0.3 is 0 Å². The minimum atomic E-state index is -0.204. The second-order valence-electron chi connectivity index (χ2n) is 3.49. The Balaban J connectivity index is 2.46. The zero-order chi connectivity index (χ0) is 13.5. The minimum absolute atomic E-state index is 0.0872. The smallest absolute Gasteiger partial charge is 0.234 e. The number of para-hydroxylation sites is 1. The van der Waals surface area contributed by atoms with Crippen molar-refractivity contribution in [3.8, 4) is 0 Å². The van der Waals surface area contributed by atoms with Crippen molar-refractivity contribution in [1.82, 2.24) is 0 Å². The third-order valence-corrected chi connectivity index (χ3v) is 2.76. The summed E-state index contributed by atoms with van der Waals surface area (Å²) in [5.74, 6) is -0.305. The molecule has 0 aliphatic heterocycles. The van der Waals surface area contributed by atoms with Gasteiger partial charge in [0.05, 0.1) is 5.75 Å². The Bertz CT molecular complexity index is 482. The molecule has 7 heteroatoms. The van der Waals surface area contributed by atoms with E-state index in [2.05, 4.69) is 10.3 Å². The third kappa shape index (κ3) is 4.88. The van der Waals surface area contributed by atoms with Crippen LogP contribution in [0, 0.1) is 12.3 Å². The fourth-order valence-corrected chi connectivity index (χ4v) is 1.69. The molecule has 0 aliphatic carbocycles. The maximum atomic E-state index is 11.6. The van der Waals surface area contributed by atoms with Crippen molar-refractivity contribution in [2.75, 3.05) is 11.1 Å².